The fraction of sp³-hybridized carbons (Fsp3) is 0.867. The predicted octanol–water partition coefficient (Wildman–Crippen LogP) is 2.67. The second kappa shape index (κ2) is 5.93. The molecule has 1 heterocycles. The maximum atomic E-state index is 12.7. The summed E-state index contributed by atoms with van der Waals surface area (Å²) in [5.41, 5.74) is -0.253. The number of hydrogen-bond donors (Lipinski definition) is 1. The van der Waals surface area contributed by atoms with Crippen molar-refractivity contribution in [1.82, 2.24) is 4.90 Å². The molecule has 0 spiro atoms. The Morgan fingerprint density at radius 2 is 1.74 bits per heavy atom. The highest BCUT2D eigenvalue weighted by atomic mass is 16.4. The van der Waals surface area contributed by atoms with E-state index in [0.717, 1.165) is 38.6 Å². The lowest BCUT2D eigenvalue weighted by molar-refractivity contribution is -0.149. The van der Waals surface area contributed by atoms with Crippen LogP contribution >= 0.6 is 0 Å². The van der Waals surface area contributed by atoms with Crippen molar-refractivity contribution in [2.75, 3.05) is 13.1 Å². The summed E-state index contributed by atoms with van der Waals surface area (Å²) in [5.74, 6) is -0.934. The Balaban J connectivity index is 2.03. The third kappa shape index (κ3) is 3.28. The van der Waals surface area contributed by atoms with Gasteiger partial charge in [0.25, 0.3) is 0 Å². The summed E-state index contributed by atoms with van der Waals surface area (Å²) >= 11 is 0. The molecular formula is C15H25NO3. The van der Waals surface area contributed by atoms with Gasteiger partial charge in [-0.15, -0.1) is 0 Å². The smallest absolute Gasteiger partial charge is 0.308 e. The molecule has 1 amide bonds. The minimum Gasteiger partial charge on any atom is -0.481 e. The number of amides is 1. The molecular weight excluding hydrogens is 242 g/mol. The summed E-state index contributed by atoms with van der Waals surface area (Å²) in [5, 5.41) is 9.12. The van der Waals surface area contributed by atoms with Crippen molar-refractivity contribution in [3.8, 4) is 0 Å². The summed E-state index contributed by atoms with van der Waals surface area (Å²) in [4.78, 5) is 25.6. The lowest BCUT2D eigenvalue weighted by atomic mass is 9.80. The predicted molar refractivity (Wildman–Crippen MR) is 72.7 cm³/mol. The van der Waals surface area contributed by atoms with Crippen LogP contribution in [0, 0.1) is 11.3 Å². The van der Waals surface area contributed by atoms with E-state index >= 15 is 0 Å². The molecule has 0 aromatic heterocycles. The summed E-state index contributed by atoms with van der Waals surface area (Å²) in [6, 6.07) is 0. The van der Waals surface area contributed by atoms with Crippen LogP contribution in [0.2, 0.25) is 0 Å². The lowest BCUT2D eigenvalue weighted by Crippen LogP contribution is -2.48. The molecule has 0 radical (unpaired) electrons. The Hall–Kier alpha value is -1.06. The number of piperidine rings is 1. The zero-order valence-electron chi connectivity index (χ0n) is 11.9. The van der Waals surface area contributed by atoms with E-state index in [0.29, 0.717) is 13.0 Å². The van der Waals surface area contributed by atoms with E-state index in [4.69, 9.17) is 5.11 Å². The molecule has 1 N–H and O–H groups in total. The van der Waals surface area contributed by atoms with Gasteiger partial charge in [-0.2, -0.15) is 0 Å². The maximum Gasteiger partial charge on any atom is 0.308 e. The summed E-state index contributed by atoms with van der Waals surface area (Å²) in [7, 11) is 0. The molecule has 4 nitrogen and oxygen atoms in total. The number of carboxylic acids is 1. The second-order valence-electron chi connectivity index (χ2n) is 6.40. The van der Waals surface area contributed by atoms with Crippen LogP contribution in [0.15, 0.2) is 0 Å². The highest BCUT2D eigenvalue weighted by Crippen LogP contribution is 2.37. The molecule has 1 saturated heterocycles. The fourth-order valence-corrected chi connectivity index (χ4v) is 3.47. The van der Waals surface area contributed by atoms with Crippen molar-refractivity contribution in [3.63, 3.8) is 0 Å². The van der Waals surface area contributed by atoms with Crippen molar-refractivity contribution >= 4 is 11.9 Å². The van der Waals surface area contributed by atoms with Crippen LogP contribution in [-0.4, -0.2) is 35.0 Å². The first kappa shape index (κ1) is 14.4. The minimum atomic E-state index is -0.761. The molecule has 19 heavy (non-hydrogen) atoms. The van der Waals surface area contributed by atoms with E-state index in [-0.39, 0.29) is 17.2 Å². The highest BCUT2D eigenvalue weighted by molar-refractivity contribution is 5.83. The molecule has 1 aliphatic heterocycles. The first-order valence-corrected chi connectivity index (χ1v) is 7.55. The quantitative estimate of drug-likeness (QED) is 0.783. The average Bonchev–Trinajstić information content (AvgIpc) is 2.64. The molecule has 0 aromatic carbocycles. The van der Waals surface area contributed by atoms with Gasteiger partial charge in [-0.05, 0) is 25.7 Å². The highest BCUT2D eigenvalue weighted by Gasteiger charge is 2.39. The van der Waals surface area contributed by atoms with Gasteiger partial charge in [0.05, 0.1) is 5.92 Å². The summed E-state index contributed by atoms with van der Waals surface area (Å²) < 4.78 is 0. The van der Waals surface area contributed by atoms with Gasteiger partial charge >= 0.3 is 5.97 Å². The normalized spacial score (nSPS) is 27.6. The van der Waals surface area contributed by atoms with Gasteiger partial charge in [0.2, 0.25) is 5.91 Å². The minimum absolute atomic E-state index is 0.195. The number of carboxylic acid groups (broad SMARTS) is 1. The number of carbonyl (C=O) groups is 2. The van der Waals surface area contributed by atoms with Gasteiger partial charge in [0.15, 0.2) is 0 Å². The molecule has 2 rings (SSSR count). The van der Waals surface area contributed by atoms with E-state index in [1.165, 1.54) is 12.8 Å². The third-order valence-electron chi connectivity index (χ3n) is 4.78. The molecule has 108 valence electrons. The molecule has 2 fully saturated rings. The topological polar surface area (TPSA) is 57.6 Å². The number of nitrogens with zero attached hydrogens (tertiary/aromatic N) is 1. The molecule has 4 heteroatoms. The number of carbonyl (C=O) groups excluding carboxylic acids is 1. The van der Waals surface area contributed by atoms with Gasteiger partial charge in [0, 0.05) is 18.5 Å². The SMILES string of the molecule is CC1(C(=O)N2CCCC(C(=O)O)C2)CCCCCC1. The standard InChI is InChI=1S/C15H25NO3/c1-15(8-4-2-3-5-9-15)14(19)16-10-6-7-12(11-16)13(17)18/h12H,2-11H2,1H3,(H,17,18). The first-order chi connectivity index (χ1) is 9.03. The second-order valence-corrected chi connectivity index (χ2v) is 6.40. The van der Waals surface area contributed by atoms with Crippen LogP contribution in [0.1, 0.15) is 58.3 Å². The van der Waals surface area contributed by atoms with Crippen LogP contribution in [0.5, 0.6) is 0 Å². The first-order valence-electron chi connectivity index (χ1n) is 7.55. The Kier molecular flexibility index (Phi) is 4.48. The van der Waals surface area contributed by atoms with E-state index in [1.807, 2.05) is 4.90 Å². The molecule has 0 bridgehead atoms. The molecule has 1 aliphatic carbocycles. The van der Waals surface area contributed by atoms with Crippen LogP contribution in [0.25, 0.3) is 0 Å². The van der Waals surface area contributed by atoms with Gasteiger partial charge in [-0.3, -0.25) is 9.59 Å². The molecule has 0 aromatic rings. The molecule has 1 unspecified atom stereocenters. The number of hydrogen-bond acceptors (Lipinski definition) is 2. The van der Waals surface area contributed by atoms with Crippen molar-refractivity contribution in [2.24, 2.45) is 11.3 Å². The molecule has 1 atom stereocenters. The summed E-state index contributed by atoms with van der Waals surface area (Å²) in [6.07, 6.45) is 8.13. The van der Waals surface area contributed by atoms with Crippen molar-refractivity contribution in [3.05, 3.63) is 0 Å². The van der Waals surface area contributed by atoms with Crippen LogP contribution in [0.3, 0.4) is 0 Å². The van der Waals surface area contributed by atoms with Gasteiger partial charge in [-0.25, -0.2) is 0 Å². The Morgan fingerprint density at radius 3 is 2.32 bits per heavy atom. The van der Waals surface area contributed by atoms with E-state index in [2.05, 4.69) is 6.92 Å². The van der Waals surface area contributed by atoms with Gasteiger partial charge < -0.3 is 10.0 Å². The van der Waals surface area contributed by atoms with Gasteiger partial charge in [-0.1, -0.05) is 32.6 Å². The van der Waals surface area contributed by atoms with E-state index < -0.39 is 5.97 Å². The van der Waals surface area contributed by atoms with Crippen LogP contribution in [0.4, 0.5) is 0 Å². The number of rotatable bonds is 2. The molecule has 2 aliphatic rings. The van der Waals surface area contributed by atoms with Crippen LogP contribution < -0.4 is 0 Å². The Morgan fingerprint density at radius 1 is 1.11 bits per heavy atom. The maximum absolute atomic E-state index is 12.7. The lowest BCUT2D eigenvalue weighted by Gasteiger charge is -2.37. The monoisotopic (exact) mass is 267 g/mol. The largest absolute Gasteiger partial charge is 0.481 e. The number of likely N-dealkylation sites (tertiary alicyclic amines) is 1. The van der Waals surface area contributed by atoms with E-state index in [9.17, 15) is 9.59 Å². The Labute approximate surface area is 115 Å². The van der Waals surface area contributed by atoms with Crippen molar-refractivity contribution in [1.29, 1.82) is 0 Å². The van der Waals surface area contributed by atoms with Crippen LogP contribution in [-0.2, 0) is 9.59 Å². The van der Waals surface area contributed by atoms with Gasteiger partial charge in [0.1, 0.15) is 0 Å². The third-order valence-corrected chi connectivity index (χ3v) is 4.78. The zero-order valence-corrected chi connectivity index (χ0v) is 11.9. The van der Waals surface area contributed by atoms with Crippen molar-refractivity contribution in [2.45, 2.75) is 58.3 Å². The average molecular weight is 267 g/mol. The molecule has 1 saturated carbocycles. The summed E-state index contributed by atoms with van der Waals surface area (Å²) in [6.45, 7) is 3.22. The van der Waals surface area contributed by atoms with Crippen molar-refractivity contribution < 1.29 is 14.7 Å². The Bertz CT molecular complexity index is 345. The number of aliphatic carboxylic acids is 1. The zero-order chi connectivity index (χ0) is 13.9. The van der Waals surface area contributed by atoms with E-state index in [1.54, 1.807) is 0 Å². The fourth-order valence-electron chi connectivity index (χ4n) is 3.47.